The van der Waals surface area contributed by atoms with E-state index in [4.69, 9.17) is 4.74 Å². The van der Waals surface area contributed by atoms with Gasteiger partial charge in [-0.1, -0.05) is 6.07 Å². The molecule has 0 radical (unpaired) electrons. The summed E-state index contributed by atoms with van der Waals surface area (Å²) in [5.41, 5.74) is -0.309. The molecule has 20 heavy (non-hydrogen) atoms. The summed E-state index contributed by atoms with van der Waals surface area (Å²) in [7, 11) is -1.18. The van der Waals surface area contributed by atoms with Crippen molar-refractivity contribution in [2.45, 2.75) is 57.9 Å². The van der Waals surface area contributed by atoms with Crippen molar-refractivity contribution >= 4 is 22.3 Å². The highest BCUT2D eigenvalue weighted by Gasteiger charge is 2.23. The first-order valence-electron chi connectivity index (χ1n) is 6.49. The number of nitrogens with one attached hydrogen (secondary N) is 1. The number of hydrogen-bond donors (Lipinski definition) is 1. The quantitative estimate of drug-likeness (QED) is 0.866. The minimum atomic E-state index is -1.18. The first kappa shape index (κ1) is 17.2. The van der Waals surface area contributed by atoms with Crippen molar-refractivity contribution < 1.29 is 8.95 Å². The van der Waals surface area contributed by atoms with Crippen LogP contribution in [0.3, 0.4) is 0 Å². The van der Waals surface area contributed by atoms with Crippen LogP contribution in [0, 0.1) is 12.0 Å². The van der Waals surface area contributed by atoms with Crippen molar-refractivity contribution in [1.29, 1.82) is 0 Å². The van der Waals surface area contributed by atoms with E-state index in [0.717, 1.165) is 4.88 Å². The molecule has 1 aromatic rings. The number of hydrogen-bond acceptors (Lipinski definition) is 3. The van der Waals surface area contributed by atoms with Crippen LogP contribution in [-0.4, -0.2) is 14.6 Å². The fourth-order valence-electron chi connectivity index (χ4n) is 1.14. The zero-order chi connectivity index (χ0) is 15.4. The fourth-order valence-corrected chi connectivity index (χ4v) is 2.69. The lowest BCUT2D eigenvalue weighted by molar-refractivity contribution is 0.0960. The van der Waals surface area contributed by atoms with E-state index in [-0.39, 0.29) is 16.4 Å². The van der Waals surface area contributed by atoms with Gasteiger partial charge in [0.25, 0.3) is 0 Å². The Morgan fingerprint density at radius 2 is 1.95 bits per heavy atom. The van der Waals surface area contributed by atoms with Crippen molar-refractivity contribution in [3.63, 3.8) is 0 Å². The summed E-state index contributed by atoms with van der Waals surface area (Å²) in [6, 6.07) is 3.66. The van der Waals surface area contributed by atoms with Gasteiger partial charge in [-0.05, 0) is 58.9 Å². The Bertz CT molecular complexity index is 499. The molecule has 0 amide bonds. The van der Waals surface area contributed by atoms with Crippen LogP contribution in [0.15, 0.2) is 17.5 Å². The maximum absolute atomic E-state index is 12.2. The van der Waals surface area contributed by atoms with Crippen LogP contribution >= 0.6 is 11.3 Å². The lowest BCUT2D eigenvalue weighted by Crippen LogP contribution is -2.35. The standard InChI is InChI=1S/C15H23NO2S2/c1-14(2,3)18-10-9-12(13-8-7-11-19-13)16-20(17)15(4,5)6/h7-8,11-12,16H,1-6H3/t12-,20-/m0/s1. The van der Waals surface area contributed by atoms with Crippen molar-refractivity contribution in [2.75, 3.05) is 0 Å². The van der Waals surface area contributed by atoms with Gasteiger partial charge in [0, 0.05) is 4.88 Å². The fraction of sp³-hybridized carbons (Fsp3) is 0.600. The van der Waals surface area contributed by atoms with E-state index in [1.165, 1.54) is 0 Å². The number of rotatable bonds is 3. The van der Waals surface area contributed by atoms with Crippen LogP contribution < -0.4 is 4.72 Å². The molecule has 0 saturated carbocycles. The van der Waals surface area contributed by atoms with Gasteiger partial charge in [0.05, 0.1) is 15.7 Å². The Morgan fingerprint density at radius 1 is 1.30 bits per heavy atom. The molecular weight excluding hydrogens is 290 g/mol. The third-order valence-corrected chi connectivity index (χ3v) is 4.67. The van der Waals surface area contributed by atoms with Gasteiger partial charge >= 0.3 is 0 Å². The Morgan fingerprint density at radius 3 is 2.40 bits per heavy atom. The summed E-state index contributed by atoms with van der Waals surface area (Å²) < 4.78 is 20.4. The highest BCUT2D eigenvalue weighted by molar-refractivity contribution is 7.84. The first-order chi connectivity index (χ1) is 9.09. The molecule has 5 heteroatoms. The molecule has 3 nitrogen and oxygen atoms in total. The molecular formula is C15H23NO2S2. The number of thiophene rings is 1. The molecule has 0 aliphatic heterocycles. The molecule has 1 rings (SSSR count). The second kappa shape index (κ2) is 6.75. The van der Waals surface area contributed by atoms with Crippen LogP contribution in [0.2, 0.25) is 0 Å². The highest BCUT2D eigenvalue weighted by Crippen LogP contribution is 2.21. The molecule has 0 unspecified atom stereocenters. The largest absolute Gasteiger partial charge is 0.441 e. The average molecular weight is 313 g/mol. The molecule has 1 N–H and O–H groups in total. The van der Waals surface area contributed by atoms with Gasteiger partial charge in [-0.2, -0.15) is 0 Å². The van der Waals surface area contributed by atoms with E-state index in [0.29, 0.717) is 0 Å². The number of ether oxygens (including phenoxy) is 1. The highest BCUT2D eigenvalue weighted by atomic mass is 32.2. The summed E-state index contributed by atoms with van der Waals surface area (Å²) in [6.07, 6.45) is 2.73. The van der Waals surface area contributed by atoms with E-state index in [2.05, 4.69) is 16.7 Å². The van der Waals surface area contributed by atoms with Crippen molar-refractivity contribution in [3.05, 3.63) is 22.4 Å². The third-order valence-electron chi connectivity index (χ3n) is 2.17. The molecule has 2 atom stereocenters. The molecule has 0 aliphatic rings. The maximum Gasteiger partial charge on any atom is 0.118 e. The van der Waals surface area contributed by atoms with Gasteiger partial charge in [-0.25, -0.2) is 8.93 Å². The van der Waals surface area contributed by atoms with Gasteiger partial charge in [-0.3, -0.25) is 0 Å². The van der Waals surface area contributed by atoms with E-state index >= 15 is 0 Å². The van der Waals surface area contributed by atoms with Gasteiger partial charge in [0.2, 0.25) is 0 Å². The summed E-state index contributed by atoms with van der Waals surface area (Å²) in [4.78, 5) is 1.03. The predicted molar refractivity (Wildman–Crippen MR) is 86.7 cm³/mol. The Labute approximate surface area is 128 Å². The third kappa shape index (κ3) is 6.08. The van der Waals surface area contributed by atoms with Crippen LogP contribution in [-0.2, 0) is 15.7 Å². The molecule has 0 aliphatic carbocycles. The Kier molecular flexibility index (Phi) is 5.81. The Balaban J connectivity index is 2.85. The summed E-state index contributed by atoms with van der Waals surface area (Å²) >= 11 is 1.59. The van der Waals surface area contributed by atoms with E-state index in [1.54, 1.807) is 11.3 Å². The topological polar surface area (TPSA) is 38.3 Å². The second-order valence-corrected chi connectivity index (χ2v) is 9.39. The molecule has 0 bridgehead atoms. The monoisotopic (exact) mass is 313 g/mol. The van der Waals surface area contributed by atoms with E-state index in [9.17, 15) is 4.21 Å². The minimum Gasteiger partial charge on any atom is -0.441 e. The molecule has 0 fully saturated rings. The van der Waals surface area contributed by atoms with Gasteiger partial charge in [0.15, 0.2) is 0 Å². The zero-order valence-corrected chi connectivity index (χ0v) is 14.6. The summed E-state index contributed by atoms with van der Waals surface area (Å²) in [5.74, 6) is 3.02. The lowest BCUT2D eigenvalue weighted by atomic mass is 10.2. The minimum absolute atomic E-state index is 0.280. The van der Waals surface area contributed by atoms with Crippen LogP contribution in [0.4, 0.5) is 0 Å². The van der Waals surface area contributed by atoms with Gasteiger partial charge in [-0.15, -0.1) is 11.3 Å². The Hall–Kier alpha value is -0.830. The van der Waals surface area contributed by atoms with E-state index in [1.807, 2.05) is 59.1 Å². The summed E-state index contributed by atoms with van der Waals surface area (Å²) in [6.45, 7) is 11.6. The molecule has 1 heterocycles. The first-order valence-corrected chi connectivity index (χ1v) is 8.52. The molecule has 112 valence electrons. The van der Waals surface area contributed by atoms with Gasteiger partial charge in [0.1, 0.15) is 17.7 Å². The lowest BCUT2D eigenvalue weighted by Gasteiger charge is -2.21. The maximum atomic E-state index is 12.2. The average Bonchev–Trinajstić information content (AvgIpc) is 2.77. The van der Waals surface area contributed by atoms with Crippen molar-refractivity contribution in [3.8, 4) is 12.0 Å². The summed E-state index contributed by atoms with van der Waals surface area (Å²) in [5, 5.41) is 1.98. The zero-order valence-electron chi connectivity index (χ0n) is 12.9. The van der Waals surface area contributed by atoms with E-state index < -0.39 is 11.0 Å². The van der Waals surface area contributed by atoms with Gasteiger partial charge < -0.3 is 4.74 Å². The second-order valence-electron chi connectivity index (χ2n) is 6.41. The molecule has 0 spiro atoms. The van der Waals surface area contributed by atoms with Crippen molar-refractivity contribution in [1.82, 2.24) is 4.72 Å². The van der Waals surface area contributed by atoms with Crippen LogP contribution in [0.25, 0.3) is 0 Å². The SMILES string of the molecule is CC(C)(C)OC#C[C@H](N[S@@](=O)C(C)(C)C)c1cccs1. The van der Waals surface area contributed by atoms with Crippen LogP contribution in [0.1, 0.15) is 52.5 Å². The molecule has 0 aromatic carbocycles. The normalized spacial score (nSPS) is 15.1. The molecule has 0 saturated heterocycles. The smallest absolute Gasteiger partial charge is 0.118 e. The predicted octanol–water partition coefficient (Wildman–Crippen LogP) is 3.62. The molecule has 1 aromatic heterocycles. The van der Waals surface area contributed by atoms with Crippen LogP contribution in [0.5, 0.6) is 0 Å². The van der Waals surface area contributed by atoms with Crippen molar-refractivity contribution in [2.24, 2.45) is 0 Å².